The van der Waals surface area contributed by atoms with Crippen molar-refractivity contribution in [3.8, 4) is 0 Å². The summed E-state index contributed by atoms with van der Waals surface area (Å²) in [6.45, 7) is 0.476. The third-order valence-electron chi connectivity index (χ3n) is 5.34. The lowest BCUT2D eigenvalue weighted by atomic mass is 9.90. The summed E-state index contributed by atoms with van der Waals surface area (Å²) in [6.07, 6.45) is 5.67. The zero-order chi connectivity index (χ0) is 21.0. The molecular weight excluding hydrogens is 378 g/mol. The first-order chi connectivity index (χ1) is 14.6. The molecule has 0 saturated heterocycles. The van der Waals surface area contributed by atoms with Crippen LogP contribution in [0.3, 0.4) is 0 Å². The standard InChI is InChI=1S/C25H23NO4/c27-20(14-15-21-11-7-17-30-21)18-25(29)22-12-4-5-13-23(22)26(24(25)28)16-6-10-19-8-2-1-3-9-19/h1-5,7-9,11-15,17,29H,6,10,16,18H2. The van der Waals surface area contributed by atoms with Gasteiger partial charge in [0.25, 0.3) is 5.91 Å². The number of para-hydroxylation sites is 1. The van der Waals surface area contributed by atoms with E-state index in [1.54, 1.807) is 29.2 Å². The Morgan fingerprint density at radius 3 is 2.57 bits per heavy atom. The largest absolute Gasteiger partial charge is 0.465 e. The number of ketones is 1. The summed E-state index contributed by atoms with van der Waals surface area (Å²) in [5, 5.41) is 11.3. The van der Waals surface area contributed by atoms with Gasteiger partial charge in [0.15, 0.2) is 11.4 Å². The molecule has 2 heterocycles. The molecular formula is C25H23NO4. The minimum atomic E-state index is -1.85. The van der Waals surface area contributed by atoms with Crippen molar-refractivity contribution in [1.82, 2.24) is 0 Å². The normalized spacial score (nSPS) is 18.2. The zero-order valence-electron chi connectivity index (χ0n) is 16.5. The van der Waals surface area contributed by atoms with Crippen molar-refractivity contribution in [3.63, 3.8) is 0 Å². The number of carbonyl (C=O) groups is 2. The van der Waals surface area contributed by atoms with E-state index in [1.807, 2.05) is 30.3 Å². The van der Waals surface area contributed by atoms with E-state index >= 15 is 0 Å². The molecule has 1 aliphatic heterocycles. The highest BCUT2D eigenvalue weighted by molar-refractivity contribution is 6.10. The Bertz CT molecular complexity index is 1060. The summed E-state index contributed by atoms with van der Waals surface area (Å²) < 4.78 is 5.18. The quantitative estimate of drug-likeness (QED) is 0.577. The van der Waals surface area contributed by atoms with Crippen molar-refractivity contribution in [3.05, 3.63) is 96.0 Å². The smallest absolute Gasteiger partial charge is 0.264 e. The molecule has 1 atom stereocenters. The number of furan rings is 1. The molecule has 0 bridgehead atoms. The van der Waals surface area contributed by atoms with Crippen molar-refractivity contribution >= 4 is 23.5 Å². The summed E-state index contributed by atoms with van der Waals surface area (Å²) >= 11 is 0. The summed E-state index contributed by atoms with van der Waals surface area (Å²) in [6, 6.07) is 20.7. The number of aryl methyl sites for hydroxylation is 1. The van der Waals surface area contributed by atoms with E-state index in [4.69, 9.17) is 4.42 Å². The number of hydrogen-bond acceptors (Lipinski definition) is 4. The number of fused-ring (bicyclic) bond motifs is 1. The molecule has 0 aliphatic carbocycles. The fraction of sp³-hybridized carbons (Fsp3) is 0.200. The maximum absolute atomic E-state index is 13.2. The Kier molecular flexibility index (Phi) is 5.63. The summed E-state index contributed by atoms with van der Waals surface area (Å²) in [4.78, 5) is 27.3. The maximum Gasteiger partial charge on any atom is 0.264 e. The molecule has 0 fully saturated rings. The van der Waals surface area contributed by atoms with E-state index in [0.29, 0.717) is 23.6 Å². The van der Waals surface area contributed by atoms with Crippen molar-refractivity contribution < 1.29 is 19.1 Å². The van der Waals surface area contributed by atoms with Gasteiger partial charge < -0.3 is 14.4 Å². The average Bonchev–Trinajstić information content (AvgIpc) is 3.35. The highest BCUT2D eigenvalue weighted by Crippen LogP contribution is 2.42. The molecule has 4 rings (SSSR count). The van der Waals surface area contributed by atoms with Crippen LogP contribution in [0.25, 0.3) is 6.08 Å². The SMILES string of the molecule is O=C(C=Cc1ccco1)CC1(O)C(=O)N(CCCc2ccccc2)c2ccccc21. The molecule has 1 aliphatic rings. The van der Waals surface area contributed by atoms with Crippen LogP contribution in [0.1, 0.15) is 29.7 Å². The molecule has 1 unspecified atom stereocenters. The van der Waals surface area contributed by atoms with Gasteiger partial charge in [-0.05, 0) is 48.8 Å². The summed E-state index contributed by atoms with van der Waals surface area (Å²) in [5.74, 6) is -0.254. The predicted octanol–water partition coefficient (Wildman–Crippen LogP) is 4.12. The Morgan fingerprint density at radius 2 is 1.80 bits per heavy atom. The average molecular weight is 401 g/mol. The Labute approximate surface area is 175 Å². The summed E-state index contributed by atoms with van der Waals surface area (Å²) in [7, 11) is 0. The molecule has 30 heavy (non-hydrogen) atoms. The fourth-order valence-electron chi connectivity index (χ4n) is 3.86. The number of rotatable bonds is 8. The minimum Gasteiger partial charge on any atom is -0.465 e. The molecule has 152 valence electrons. The minimum absolute atomic E-state index is 0.310. The van der Waals surface area contributed by atoms with Gasteiger partial charge in [-0.1, -0.05) is 48.5 Å². The van der Waals surface area contributed by atoms with Crippen LogP contribution in [0.4, 0.5) is 5.69 Å². The van der Waals surface area contributed by atoms with E-state index in [2.05, 4.69) is 12.1 Å². The van der Waals surface area contributed by atoms with Gasteiger partial charge in [0.1, 0.15) is 5.76 Å². The fourth-order valence-corrected chi connectivity index (χ4v) is 3.86. The van der Waals surface area contributed by atoms with Crippen LogP contribution in [0.15, 0.2) is 83.5 Å². The molecule has 1 amide bonds. The second-order valence-electron chi connectivity index (χ2n) is 7.42. The van der Waals surface area contributed by atoms with E-state index < -0.39 is 11.5 Å². The highest BCUT2D eigenvalue weighted by atomic mass is 16.3. The first-order valence-electron chi connectivity index (χ1n) is 10.00. The molecule has 0 saturated carbocycles. The van der Waals surface area contributed by atoms with Gasteiger partial charge in [0, 0.05) is 12.1 Å². The number of hydrogen-bond donors (Lipinski definition) is 1. The van der Waals surface area contributed by atoms with Crippen LogP contribution in [0.5, 0.6) is 0 Å². The molecule has 1 aromatic heterocycles. The van der Waals surface area contributed by atoms with E-state index in [9.17, 15) is 14.7 Å². The van der Waals surface area contributed by atoms with Crippen LogP contribution in [-0.2, 0) is 21.6 Å². The van der Waals surface area contributed by atoms with Crippen LogP contribution < -0.4 is 4.90 Å². The van der Waals surface area contributed by atoms with Gasteiger partial charge in [-0.15, -0.1) is 0 Å². The molecule has 5 heteroatoms. The predicted molar refractivity (Wildman–Crippen MR) is 115 cm³/mol. The van der Waals surface area contributed by atoms with Crippen molar-refractivity contribution in [2.75, 3.05) is 11.4 Å². The van der Waals surface area contributed by atoms with E-state index in [-0.39, 0.29) is 12.2 Å². The molecule has 2 aromatic carbocycles. The van der Waals surface area contributed by atoms with Gasteiger partial charge in [0.05, 0.1) is 18.4 Å². The van der Waals surface area contributed by atoms with Crippen molar-refractivity contribution in [2.45, 2.75) is 24.9 Å². The molecule has 0 spiro atoms. The van der Waals surface area contributed by atoms with Crippen LogP contribution in [0, 0.1) is 0 Å². The van der Waals surface area contributed by atoms with Gasteiger partial charge in [-0.3, -0.25) is 9.59 Å². The van der Waals surface area contributed by atoms with E-state index in [0.717, 1.165) is 12.8 Å². The number of benzene rings is 2. The molecule has 3 aromatic rings. The number of carbonyl (C=O) groups excluding carboxylic acids is 2. The second-order valence-corrected chi connectivity index (χ2v) is 7.42. The Balaban J connectivity index is 1.49. The monoisotopic (exact) mass is 401 g/mol. The number of anilines is 1. The first-order valence-corrected chi connectivity index (χ1v) is 10.00. The molecule has 5 nitrogen and oxygen atoms in total. The Morgan fingerprint density at radius 1 is 1.03 bits per heavy atom. The molecule has 0 radical (unpaired) electrons. The second kappa shape index (κ2) is 8.51. The van der Waals surface area contributed by atoms with Crippen molar-refractivity contribution in [1.29, 1.82) is 0 Å². The number of allylic oxidation sites excluding steroid dienone is 1. The topological polar surface area (TPSA) is 70.7 Å². The first kappa shape index (κ1) is 19.9. The van der Waals surface area contributed by atoms with Crippen LogP contribution in [0.2, 0.25) is 0 Å². The van der Waals surface area contributed by atoms with Crippen LogP contribution in [-0.4, -0.2) is 23.3 Å². The third-order valence-corrected chi connectivity index (χ3v) is 5.34. The molecule has 1 N–H and O–H groups in total. The third kappa shape index (κ3) is 3.98. The van der Waals surface area contributed by atoms with E-state index in [1.165, 1.54) is 24.0 Å². The summed E-state index contributed by atoms with van der Waals surface area (Å²) in [5.41, 5.74) is 0.495. The van der Waals surface area contributed by atoms with Gasteiger partial charge in [-0.25, -0.2) is 0 Å². The van der Waals surface area contributed by atoms with Gasteiger partial charge in [-0.2, -0.15) is 0 Å². The number of nitrogens with zero attached hydrogens (tertiary/aromatic N) is 1. The highest BCUT2D eigenvalue weighted by Gasteiger charge is 2.50. The lowest BCUT2D eigenvalue weighted by molar-refractivity contribution is -0.140. The van der Waals surface area contributed by atoms with Gasteiger partial charge in [0.2, 0.25) is 0 Å². The van der Waals surface area contributed by atoms with Crippen molar-refractivity contribution in [2.24, 2.45) is 0 Å². The number of amides is 1. The Hall–Kier alpha value is -3.44. The maximum atomic E-state index is 13.2. The zero-order valence-corrected chi connectivity index (χ0v) is 16.5. The lowest BCUT2D eigenvalue weighted by Crippen LogP contribution is -2.42. The van der Waals surface area contributed by atoms with Gasteiger partial charge >= 0.3 is 0 Å². The lowest BCUT2D eigenvalue weighted by Gasteiger charge is -2.22. The van der Waals surface area contributed by atoms with Crippen LogP contribution >= 0.6 is 0 Å². The number of aliphatic hydroxyl groups is 1.